The molecule has 0 amide bonds. The summed E-state index contributed by atoms with van der Waals surface area (Å²) in [6.07, 6.45) is 20.3. The predicted molar refractivity (Wildman–Crippen MR) is 152 cm³/mol. The van der Waals surface area contributed by atoms with E-state index in [1.807, 2.05) is 12.1 Å². The molecule has 0 aliphatic rings. The fraction of sp³-hybridized carbons (Fsp3) is 0.636. The molecule has 0 saturated carbocycles. The number of hydrogen-bond donors (Lipinski definition) is 2. The second-order valence-electron chi connectivity index (χ2n) is 11.1. The third kappa shape index (κ3) is 9.90. The summed E-state index contributed by atoms with van der Waals surface area (Å²) in [5.74, 6) is 0.630. The molecule has 0 fully saturated rings. The van der Waals surface area contributed by atoms with Gasteiger partial charge in [-0.1, -0.05) is 129 Å². The van der Waals surface area contributed by atoms with Crippen molar-refractivity contribution >= 4 is 0 Å². The topological polar surface area (TPSA) is 40.5 Å². The van der Waals surface area contributed by atoms with Gasteiger partial charge in [-0.3, -0.25) is 0 Å². The highest BCUT2D eigenvalue weighted by Gasteiger charge is 2.29. The zero-order valence-electron chi connectivity index (χ0n) is 23.2. The van der Waals surface area contributed by atoms with Gasteiger partial charge in [0.1, 0.15) is 11.5 Å². The van der Waals surface area contributed by atoms with Crippen LogP contribution in [0.25, 0.3) is 0 Å². The van der Waals surface area contributed by atoms with Crippen LogP contribution in [-0.2, 0) is 18.3 Å². The molecule has 2 aromatic carbocycles. The number of aromatic hydroxyl groups is 2. The molecular formula is C33H52O2. The lowest BCUT2D eigenvalue weighted by atomic mass is 9.76. The lowest BCUT2D eigenvalue weighted by molar-refractivity contribution is 0.435. The molecular weight excluding hydrogens is 428 g/mol. The van der Waals surface area contributed by atoms with Crippen molar-refractivity contribution in [3.05, 3.63) is 58.7 Å². The molecule has 0 aliphatic carbocycles. The number of phenols is 2. The number of phenolic OH excluding ortho intramolecular Hbond substituents is 2. The molecule has 0 bridgehead atoms. The van der Waals surface area contributed by atoms with Crippen LogP contribution in [-0.4, -0.2) is 10.2 Å². The Bertz CT molecular complexity index is 783. The van der Waals surface area contributed by atoms with E-state index in [0.29, 0.717) is 11.5 Å². The first-order valence-corrected chi connectivity index (χ1v) is 14.5. The van der Waals surface area contributed by atoms with Crippen LogP contribution in [0.2, 0.25) is 0 Å². The van der Waals surface area contributed by atoms with Crippen molar-refractivity contribution < 1.29 is 10.2 Å². The van der Waals surface area contributed by atoms with E-state index in [-0.39, 0.29) is 0 Å². The Balaban J connectivity index is 2.00. The van der Waals surface area contributed by atoms with Crippen LogP contribution >= 0.6 is 0 Å². The number of aryl methyl sites for hydroxylation is 2. The second kappa shape index (κ2) is 15.9. The van der Waals surface area contributed by atoms with E-state index in [4.69, 9.17) is 0 Å². The van der Waals surface area contributed by atoms with Crippen molar-refractivity contribution in [3.63, 3.8) is 0 Å². The fourth-order valence-electron chi connectivity index (χ4n) is 5.20. The summed E-state index contributed by atoms with van der Waals surface area (Å²) >= 11 is 0. The van der Waals surface area contributed by atoms with E-state index < -0.39 is 5.41 Å². The molecule has 0 spiro atoms. The van der Waals surface area contributed by atoms with Gasteiger partial charge in [0.25, 0.3) is 0 Å². The monoisotopic (exact) mass is 480 g/mol. The van der Waals surface area contributed by atoms with Gasteiger partial charge in [-0.05, 0) is 48.9 Å². The van der Waals surface area contributed by atoms with Crippen LogP contribution in [0, 0.1) is 0 Å². The van der Waals surface area contributed by atoms with E-state index in [1.54, 1.807) is 0 Å². The molecule has 0 atom stereocenters. The van der Waals surface area contributed by atoms with E-state index in [2.05, 4.69) is 52.0 Å². The van der Waals surface area contributed by atoms with E-state index >= 15 is 0 Å². The minimum absolute atomic E-state index is 0.315. The molecule has 0 heterocycles. The zero-order valence-corrected chi connectivity index (χ0v) is 23.2. The maximum Gasteiger partial charge on any atom is 0.119 e. The van der Waals surface area contributed by atoms with Gasteiger partial charge in [-0.25, -0.2) is 0 Å². The maximum absolute atomic E-state index is 10.8. The maximum atomic E-state index is 10.8. The summed E-state index contributed by atoms with van der Waals surface area (Å²) in [7, 11) is 0. The van der Waals surface area contributed by atoms with Gasteiger partial charge in [0.05, 0.1) is 0 Å². The number of hydrogen-bond acceptors (Lipinski definition) is 2. The average Bonchev–Trinajstić information content (AvgIpc) is 2.84. The second-order valence-corrected chi connectivity index (χ2v) is 11.1. The summed E-state index contributed by atoms with van der Waals surface area (Å²) in [5, 5.41) is 21.5. The Morgan fingerprint density at radius 3 is 1.23 bits per heavy atom. The van der Waals surface area contributed by atoms with Gasteiger partial charge in [-0.15, -0.1) is 0 Å². The van der Waals surface area contributed by atoms with Crippen LogP contribution in [0.3, 0.4) is 0 Å². The first kappa shape index (κ1) is 29.3. The molecule has 0 saturated heterocycles. The van der Waals surface area contributed by atoms with Gasteiger partial charge >= 0.3 is 0 Å². The molecule has 0 unspecified atom stereocenters. The van der Waals surface area contributed by atoms with Crippen molar-refractivity contribution in [3.8, 4) is 11.5 Å². The molecule has 0 aliphatic heterocycles. The van der Waals surface area contributed by atoms with Crippen molar-refractivity contribution in [1.82, 2.24) is 0 Å². The first-order valence-electron chi connectivity index (χ1n) is 14.5. The van der Waals surface area contributed by atoms with E-state index in [0.717, 1.165) is 24.0 Å². The Hall–Kier alpha value is -1.96. The first-order chi connectivity index (χ1) is 16.9. The van der Waals surface area contributed by atoms with Gasteiger partial charge in [0.2, 0.25) is 0 Å². The van der Waals surface area contributed by atoms with Crippen LogP contribution < -0.4 is 0 Å². The summed E-state index contributed by atoms with van der Waals surface area (Å²) < 4.78 is 0. The van der Waals surface area contributed by atoms with Crippen molar-refractivity contribution in [2.24, 2.45) is 0 Å². The Kier molecular flexibility index (Phi) is 13.3. The van der Waals surface area contributed by atoms with Gasteiger partial charge in [0.15, 0.2) is 0 Å². The van der Waals surface area contributed by atoms with Crippen LogP contribution in [0.1, 0.15) is 140 Å². The SMILES string of the molecule is CCCCCCCCCc1ccc(O)c(C(C)(C)c2cc(CCCCCCCCC)ccc2O)c1. The summed E-state index contributed by atoms with van der Waals surface area (Å²) in [5.41, 5.74) is 3.89. The summed E-state index contributed by atoms with van der Waals surface area (Å²) in [6.45, 7) is 8.75. The minimum atomic E-state index is -0.472. The van der Waals surface area contributed by atoms with Crippen molar-refractivity contribution in [2.75, 3.05) is 0 Å². The Morgan fingerprint density at radius 1 is 0.514 bits per heavy atom. The molecule has 2 nitrogen and oxygen atoms in total. The quantitative estimate of drug-likeness (QED) is 0.208. The molecule has 2 rings (SSSR count). The molecule has 2 N–H and O–H groups in total. The molecule has 2 heteroatoms. The zero-order chi connectivity index (χ0) is 25.5. The third-order valence-electron chi connectivity index (χ3n) is 7.61. The van der Waals surface area contributed by atoms with Gasteiger partial charge in [0, 0.05) is 16.5 Å². The van der Waals surface area contributed by atoms with Crippen molar-refractivity contribution in [1.29, 1.82) is 0 Å². The standard InChI is InChI=1S/C33H52O2/c1-5-7-9-11-13-15-17-19-27-21-23-31(34)29(25-27)33(3,4)30-26-28(22-24-32(30)35)20-18-16-14-12-10-8-6-2/h21-26,34-35H,5-20H2,1-4H3. The molecule has 2 aromatic rings. The van der Waals surface area contributed by atoms with E-state index in [9.17, 15) is 10.2 Å². The summed E-state index contributed by atoms with van der Waals surface area (Å²) in [6, 6.07) is 12.1. The smallest absolute Gasteiger partial charge is 0.119 e. The third-order valence-corrected chi connectivity index (χ3v) is 7.61. The minimum Gasteiger partial charge on any atom is -0.508 e. The normalized spacial score (nSPS) is 11.8. The molecule has 196 valence electrons. The van der Waals surface area contributed by atoms with Gasteiger partial charge in [-0.2, -0.15) is 0 Å². The summed E-state index contributed by atoms with van der Waals surface area (Å²) in [4.78, 5) is 0. The molecule has 0 radical (unpaired) electrons. The number of benzene rings is 2. The largest absolute Gasteiger partial charge is 0.508 e. The lowest BCUT2D eigenvalue weighted by Crippen LogP contribution is -2.20. The number of unbranched alkanes of at least 4 members (excludes halogenated alkanes) is 12. The Morgan fingerprint density at radius 2 is 0.857 bits per heavy atom. The van der Waals surface area contributed by atoms with E-state index in [1.165, 1.54) is 101 Å². The van der Waals surface area contributed by atoms with Gasteiger partial charge < -0.3 is 10.2 Å². The highest BCUT2D eigenvalue weighted by atomic mass is 16.3. The van der Waals surface area contributed by atoms with Crippen LogP contribution in [0.4, 0.5) is 0 Å². The van der Waals surface area contributed by atoms with Crippen LogP contribution in [0.5, 0.6) is 11.5 Å². The highest BCUT2D eigenvalue weighted by Crippen LogP contribution is 2.41. The Labute approximate surface area is 216 Å². The molecule has 0 aromatic heterocycles. The van der Waals surface area contributed by atoms with Crippen molar-refractivity contribution in [2.45, 2.75) is 136 Å². The fourth-order valence-corrected chi connectivity index (χ4v) is 5.20. The number of rotatable bonds is 18. The molecule has 35 heavy (non-hydrogen) atoms. The predicted octanol–water partition coefficient (Wildman–Crippen LogP) is 10.0. The van der Waals surface area contributed by atoms with Crippen LogP contribution in [0.15, 0.2) is 36.4 Å². The average molecular weight is 481 g/mol. The highest BCUT2D eigenvalue weighted by molar-refractivity contribution is 5.52. The lowest BCUT2D eigenvalue weighted by Gasteiger charge is -2.29.